The number of carbonyl (C=O) groups excluding carboxylic acids is 2. The monoisotopic (exact) mass is 1180 g/mol. The van der Waals surface area contributed by atoms with E-state index in [1.54, 1.807) is 17.2 Å². The van der Waals surface area contributed by atoms with Crippen molar-refractivity contribution in [2.75, 3.05) is 22.6 Å². The number of nitrogens with zero attached hydrogens (tertiary/aromatic N) is 14. The number of aliphatic hydroxyl groups excluding tert-OH is 3. The third-order valence-corrected chi connectivity index (χ3v) is 13.7. The molecule has 10 heterocycles. The van der Waals surface area contributed by atoms with Crippen molar-refractivity contribution in [2.24, 2.45) is 0 Å². The second-order valence-corrected chi connectivity index (χ2v) is 19.4. The van der Waals surface area contributed by atoms with Gasteiger partial charge >= 0.3 is 11.9 Å². The first kappa shape index (κ1) is 58.5. The van der Waals surface area contributed by atoms with E-state index < -0.39 is 61.0 Å². The number of aliphatic hydroxyl groups is 3. The van der Waals surface area contributed by atoms with Gasteiger partial charge in [0.25, 0.3) is 0 Å². The lowest BCUT2D eigenvalue weighted by molar-refractivity contribution is -0.165. The molecule has 0 radical (unpaired) electrons. The SMILES string of the molecule is CC[C@H]1O[C@@H](n2cnc3c(NCc4ccccc4)ncnc32)[C@@H](OC(C)=O)C1OC(C)=O.Clc1ncnc2nc[nH]c12.OC[C@H]1O[C@@H](n2cnc3c(NCc4ccccc4)ncnc32)[C@@H](O)C1O.c1ccc(CNc2ncnc3nc[nH]c23)cc1. The molecule has 0 amide bonds. The summed E-state index contributed by atoms with van der Waals surface area (Å²) in [7, 11) is 0. The molecular formula is C56H58ClN19O9. The van der Waals surface area contributed by atoms with Crippen LogP contribution in [0.3, 0.4) is 0 Å². The highest BCUT2D eigenvalue weighted by Crippen LogP contribution is 2.38. The van der Waals surface area contributed by atoms with Crippen LogP contribution in [0.1, 0.15) is 56.3 Å². The Morgan fingerprint density at radius 1 is 0.553 bits per heavy atom. The summed E-state index contributed by atoms with van der Waals surface area (Å²) in [5.74, 6) is 0.936. The molecule has 0 spiro atoms. The normalized spacial score (nSPS) is 19.7. The van der Waals surface area contributed by atoms with Crippen molar-refractivity contribution in [1.29, 1.82) is 0 Å². The average molecular weight is 1180 g/mol. The van der Waals surface area contributed by atoms with Gasteiger partial charge in [0.2, 0.25) is 0 Å². The Morgan fingerprint density at radius 2 is 1.00 bits per heavy atom. The average Bonchev–Trinajstić information content (AvgIpc) is 4.47. The van der Waals surface area contributed by atoms with Crippen LogP contribution in [-0.2, 0) is 48.2 Å². The summed E-state index contributed by atoms with van der Waals surface area (Å²) in [5, 5.41) is 39.6. The number of aromatic amines is 2. The van der Waals surface area contributed by atoms with Crippen molar-refractivity contribution < 1.29 is 43.9 Å². The molecular weight excluding hydrogens is 1120 g/mol. The van der Waals surface area contributed by atoms with Crippen LogP contribution in [-0.4, -0.2) is 149 Å². The van der Waals surface area contributed by atoms with Gasteiger partial charge in [0.05, 0.1) is 31.9 Å². The summed E-state index contributed by atoms with van der Waals surface area (Å²) in [4.78, 5) is 79.1. The van der Waals surface area contributed by atoms with Crippen LogP contribution < -0.4 is 16.0 Å². The highest BCUT2D eigenvalue weighted by atomic mass is 35.5. The van der Waals surface area contributed by atoms with Crippen molar-refractivity contribution >= 4 is 85.6 Å². The summed E-state index contributed by atoms with van der Waals surface area (Å²) in [6.45, 7) is 6.02. The maximum Gasteiger partial charge on any atom is 0.303 e. The molecule has 85 heavy (non-hydrogen) atoms. The van der Waals surface area contributed by atoms with Crippen LogP contribution in [0.4, 0.5) is 17.5 Å². The second-order valence-electron chi connectivity index (χ2n) is 19.0. The standard InChI is InChI=1S/C22H25N5O5.C17H19N5O4.C12H11N5.C5H3ClN4/c1-4-16-18(30-13(2)28)19(31-14(3)29)22(32-16)27-12-26-17-20(24-11-25-21(17)27)23-10-15-8-6-5-7-9-15;23-7-11-13(24)14(25)17(26-11)22-9-21-12-15(19-8-20-16(12)22)18-6-10-4-2-1-3-5-10;1-2-4-9(5-3-1)6-13-11-10-12(15-7-14-10)17-8-16-11;6-4-3-5(9-1-7-3)10-2-8-4/h5-9,11-12,16,18-19,22H,4,10H2,1-3H3,(H,23,24,25);1-5,8-9,11,13-14,17,23-25H,6-7H2,(H,18,19,20);1-5,7-8H,6H2,(H2,13,14,15,16,17);1-2H,(H,7,8,9,10)/t16-,18?,19+,22-;11-,13?,14+,17-;;/m11../s1. The number of benzene rings is 3. The first-order chi connectivity index (χ1) is 41.5. The van der Waals surface area contributed by atoms with Gasteiger partial charge in [-0.05, 0) is 23.1 Å². The number of hydrogen-bond donors (Lipinski definition) is 8. The third-order valence-electron chi connectivity index (χ3n) is 13.4. The van der Waals surface area contributed by atoms with Crippen molar-refractivity contribution in [3.63, 3.8) is 0 Å². The number of hydrogen-bond acceptors (Lipinski definition) is 24. The number of nitrogens with one attached hydrogen (secondary N) is 5. The molecule has 0 bridgehead atoms. The second kappa shape index (κ2) is 27.6. The minimum atomic E-state index is -1.19. The predicted molar refractivity (Wildman–Crippen MR) is 309 cm³/mol. The number of ether oxygens (including phenoxy) is 4. The topological polar surface area (TPSA) is 364 Å². The van der Waals surface area contributed by atoms with Crippen molar-refractivity contribution in [1.82, 2.24) is 78.9 Å². The molecule has 2 aliphatic rings. The van der Waals surface area contributed by atoms with Gasteiger partial charge < -0.3 is 60.2 Å². The Hall–Kier alpha value is -9.71. The summed E-state index contributed by atoms with van der Waals surface area (Å²) in [5.41, 5.74) is 8.26. The number of H-pyrrole nitrogens is 2. The van der Waals surface area contributed by atoms with E-state index in [1.165, 1.54) is 61.9 Å². The maximum atomic E-state index is 11.8. The molecule has 29 heteroatoms. The molecule has 8 atom stereocenters. The highest BCUT2D eigenvalue weighted by Gasteiger charge is 2.50. The quantitative estimate of drug-likeness (QED) is 0.0455. The molecule has 8 aromatic heterocycles. The van der Waals surface area contributed by atoms with Gasteiger partial charge in [0.1, 0.15) is 60.8 Å². The molecule has 0 aliphatic carbocycles. The molecule has 2 aliphatic heterocycles. The molecule has 2 saturated heterocycles. The Bertz CT molecular complexity index is 3950. The van der Waals surface area contributed by atoms with Crippen LogP contribution >= 0.6 is 11.6 Å². The highest BCUT2D eigenvalue weighted by molar-refractivity contribution is 6.33. The summed E-state index contributed by atoms with van der Waals surface area (Å²) in [6.07, 6.45) is 5.60. The molecule has 3 aromatic carbocycles. The fourth-order valence-electron chi connectivity index (χ4n) is 9.34. The molecule has 0 saturated carbocycles. The summed E-state index contributed by atoms with van der Waals surface area (Å²) >= 11 is 5.68. The van der Waals surface area contributed by atoms with Crippen molar-refractivity contribution in [2.45, 2.75) is 95.9 Å². The predicted octanol–water partition coefficient (Wildman–Crippen LogP) is 5.63. The molecule has 2 fully saturated rings. The van der Waals surface area contributed by atoms with E-state index in [0.717, 1.165) is 29.0 Å². The lowest BCUT2D eigenvalue weighted by Crippen LogP contribution is -2.38. The number of aromatic nitrogens is 16. The van der Waals surface area contributed by atoms with E-state index in [-0.39, 0.29) is 6.61 Å². The van der Waals surface area contributed by atoms with E-state index in [4.69, 9.17) is 30.5 Å². The van der Waals surface area contributed by atoms with E-state index in [2.05, 4.69) is 97.9 Å². The molecule has 2 unspecified atom stereocenters. The zero-order valence-corrected chi connectivity index (χ0v) is 46.6. The maximum absolute atomic E-state index is 11.8. The van der Waals surface area contributed by atoms with Gasteiger partial charge in [-0.25, -0.2) is 59.8 Å². The number of rotatable bonds is 15. The van der Waals surface area contributed by atoms with Gasteiger partial charge in [0, 0.05) is 33.5 Å². The number of fused-ring (bicyclic) bond motifs is 4. The molecule has 13 rings (SSSR count). The zero-order valence-electron chi connectivity index (χ0n) is 45.9. The van der Waals surface area contributed by atoms with Crippen LogP contribution in [0.2, 0.25) is 5.15 Å². The number of carbonyl (C=O) groups is 2. The number of anilines is 3. The minimum Gasteiger partial charge on any atom is -0.456 e. The Balaban J connectivity index is 0.000000135. The number of imidazole rings is 4. The van der Waals surface area contributed by atoms with Crippen LogP contribution in [0.15, 0.2) is 142 Å². The van der Waals surface area contributed by atoms with Gasteiger partial charge in [-0.2, -0.15) is 0 Å². The third kappa shape index (κ3) is 13.9. The van der Waals surface area contributed by atoms with Crippen molar-refractivity contribution in [3.8, 4) is 0 Å². The van der Waals surface area contributed by atoms with Gasteiger partial charge in [0.15, 0.2) is 80.9 Å². The van der Waals surface area contributed by atoms with E-state index >= 15 is 0 Å². The molecule has 11 aromatic rings. The first-order valence-corrected chi connectivity index (χ1v) is 27.1. The lowest BCUT2D eigenvalue weighted by Gasteiger charge is -2.23. The smallest absolute Gasteiger partial charge is 0.303 e. The fourth-order valence-corrected chi connectivity index (χ4v) is 9.52. The summed E-state index contributed by atoms with van der Waals surface area (Å²) < 4.78 is 25.9. The van der Waals surface area contributed by atoms with Gasteiger partial charge in [-0.3, -0.25) is 18.7 Å². The largest absolute Gasteiger partial charge is 0.456 e. The van der Waals surface area contributed by atoms with Gasteiger partial charge in [-0.1, -0.05) is 110 Å². The number of halogens is 1. The number of esters is 2. The Morgan fingerprint density at radius 3 is 1.49 bits per heavy atom. The first-order valence-electron chi connectivity index (χ1n) is 26.7. The fraction of sp³-hybridized carbons (Fsp3) is 0.286. The van der Waals surface area contributed by atoms with Crippen molar-refractivity contribution in [3.05, 3.63) is 163 Å². The lowest BCUT2D eigenvalue weighted by atomic mass is 10.1. The van der Waals surface area contributed by atoms with Crippen LogP contribution in [0.5, 0.6) is 0 Å². The molecule has 438 valence electrons. The molecule has 28 nitrogen and oxygen atoms in total. The Labute approximate surface area is 488 Å². The summed E-state index contributed by atoms with van der Waals surface area (Å²) in [6, 6.07) is 30.0. The van der Waals surface area contributed by atoms with Crippen LogP contribution in [0, 0.1) is 0 Å². The Kier molecular flexibility index (Phi) is 19.0. The van der Waals surface area contributed by atoms with E-state index in [9.17, 15) is 24.9 Å². The van der Waals surface area contributed by atoms with Gasteiger partial charge in [-0.15, -0.1) is 0 Å². The van der Waals surface area contributed by atoms with Crippen LogP contribution in [0.25, 0.3) is 44.7 Å². The minimum absolute atomic E-state index is 0.389. The van der Waals surface area contributed by atoms with E-state index in [0.29, 0.717) is 75.4 Å². The molecule has 8 N–H and O–H groups in total. The van der Waals surface area contributed by atoms with E-state index in [1.807, 2.05) is 85.8 Å². The zero-order chi connectivity index (χ0) is 59.2.